The topological polar surface area (TPSA) is 128 Å². The van der Waals surface area contributed by atoms with Crippen LogP contribution in [0.25, 0.3) is 11.3 Å². The molecule has 1 aromatic heterocycles. The van der Waals surface area contributed by atoms with Gasteiger partial charge >= 0.3 is 12.1 Å². The molecule has 6 rings (SSSR count). The first-order valence-corrected chi connectivity index (χ1v) is 17.2. The van der Waals surface area contributed by atoms with Crippen LogP contribution in [-0.4, -0.2) is 39.4 Å². The van der Waals surface area contributed by atoms with Crippen molar-refractivity contribution in [2.75, 3.05) is 11.4 Å². The number of pyridine rings is 1. The van der Waals surface area contributed by atoms with Crippen molar-refractivity contribution >= 4 is 17.7 Å². The molecule has 10 nitrogen and oxygen atoms in total. The van der Waals surface area contributed by atoms with E-state index in [9.17, 15) is 19.8 Å². The number of aliphatic hydroxyl groups is 2. The lowest BCUT2D eigenvalue weighted by atomic mass is 9.93. The van der Waals surface area contributed by atoms with Gasteiger partial charge in [-0.3, -0.25) is 4.90 Å². The van der Waals surface area contributed by atoms with Crippen LogP contribution in [0.2, 0.25) is 0 Å². The van der Waals surface area contributed by atoms with Crippen molar-refractivity contribution in [3.05, 3.63) is 142 Å². The van der Waals surface area contributed by atoms with Gasteiger partial charge in [0.25, 0.3) is 0 Å². The molecule has 1 amide bonds. The van der Waals surface area contributed by atoms with E-state index in [1.54, 1.807) is 17.0 Å². The summed E-state index contributed by atoms with van der Waals surface area (Å²) >= 11 is 0. The fourth-order valence-electron chi connectivity index (χ4n) is 6.11. The molecule has 0 unspecified atom stereocenters. The van der Waals surface area contributed by atoms with E-state index in [2.05, 4.69) is 0 Å². The lowest BCUT2D eigenvalue weighted by Gasteiger charge is -2.25. The van der Waals surface area contributed by atoms with Crippen molar-refractivity contribution in [3.8, 4) is 22.9 Å². The molecule has 0 spiro atoms. The first-order valence-electron chi connectivity index (χ1n) is 17.2. The number of hydrogen-bond donors (Lipinski definition) is 2. The molecule has 268 valence electrons. The van der Waals surface area contributed by atoms with Crippen molar-refractivity contribution in [1.82, 2.24) is 4.98 Å². The summed E-state index contributed by atoms with van der Waals surface area (Å²) < 4.78 is 24.2. The minimum atomic E-state index is -0.743. The van der Waals surface area contributed by atoms with Crippen LogP contribution in [0.5, 0.6) is 11.6 Å². The summed E-state index contributed by atoms with van der Waals surface area (Å²) in [6, 6.07) is 31.7. The molecule has 2 heterocycles. The summed E-state index contributed by atoms with van der Waals surface area (Å²) in [5.74, 6) is -0.748. The second-order valence-corrected chi connectivity index (χ2v) is 13.3. The number of carbonyl (C=O) groups is 2. The lowest BCUT2D eigenvalue weighted by Crippen LogP contribution is -2.35. The number of amides is 1. The Morgan fingerprint density at radius 2 is 1.29 bits per heavy atom. The molecular weight excluding hydrogens is 660 g/mol. The Morgan fingerprint density at radius 1 is 0.731 bits per heavy atom. The van der Waals surface area contributed by atoms with Crippen LogP contribution in [-0.2, 0) is 48.9 Å². The Bertz CT molecular complexity index is 2010. The molecule has 0 aliphatic carbocycles. The van der Waals surface area contributed by atoms with Crippen molar-refractivity contribution in [1.29, 1.82) is 0 Å². The number of aliphatic hydroxyl groups excluding tert-OH is 2. The van der Waals surface area contributed by atoms with E-state index in [0.29, 0.717) is 29.8 Å². The molecule has 1 aliphatic rings. The van der Waals surface area contributed by atoms with Gasteiger partial charge in [0, 0.05) is 17.7 Å². The summed E-state index contributed by atoms with van der Waals surface area (Å²) in [6.45, 7) is 4.97. The minimum absolute atomic E-state index is 0.0141. The summed E-state index contributed by atoms with van der Waals surface area (Å²) in [4.78, 5) is 33.6. The number of ether oxygens (including phenoxy) is 4. The van der Waals surface area contributed by atoms with Gasteiger partial charge in [0.1, 0.15) is 31.2 Å². The molecule has 52 heavy (non-hydrogen) atoms. The number of hydrogen-bond acceptors (Lipinski definition) is 9. The van der Waals surface area contributed by atoms with Crippen LogP contribution >= 0.6 is 0 Å². The highest BCUT2D eigenvalue weighted by molar-refractivity contribution is 5.97. The van der Waals surface area contributed by atoms with Gasteiger partial charge < -0.3 is 29.2 Å². The van der Waals surface area contributed by atoms with Gasteiger partial charge in [0.05, 0.1) is 24.6 Å². The Labute approximate surface area is 303 Å². The third-order valence-corrected chi connectivity index (χ3v) is 8.54. The second-order valence-electron chi connectivity index (χ2n) is 13.3. The van der Waals surface area contributed by atoms with Crippen LogP contribution in [0, 0.1) is 0 Å². The zero-order valence-corrected chi connectivity index (χ0v) is 29.5. The average Bonchev–Trinajstić information content (AvgIpc) is 3.60. The Hall–Kier alpha value is -5.71. The number of fused-ring (bicyclic) bond motifs is 1. The van der Waals surface area contributed by atoms with Crippen LogP contribution in [0.1, 0.15) is 64.5 Å². The van der Waals surface area contributed by atoms with E-state index in [1.165, 1.54) is 0 Å². The molecule has 0 atom stereocenters. The lowest BCUT2D eigenvalue weighted by molar-refractivity contribution is 0.0459. The number of esters is 1. The van der Waals surface area contributed by atoms with Crippen molar-refractivity contribution < 1.29 is 38.7 Å². The van der Waals surface area contributed by atoms with Crippen LogP contribution < -0.4 is 14.4 Å². The highest BCUT2D eigenvalue weighted by atomic mass is 16.6. The largest absolute Gasteiger partial charge is 0.487 e. The maximum absolute atomic E-state index is 14.1. The SMILES string of the molecule is CC(C)(C)OC(=O)N1CCc2c1ccc(-c1nc(OCc3ccccc3)c(C(=O)OCc3ccccc3)c(OCc3ccccc3)c1CO)c2CO. The first kappa shape index (κ1) is 36.1. The molecule has 2 N–H and O–H groups in total. The van der Waals surface area contributed by atoms with E-state index >= 15 is 0 Å². The zero-order chi connectivity index (χ0) is 36.7. The predicted molar refractivity (Wildman–Crippen MR) is 196 cm³/mol. The number of benzene rings is 4. The second kappa shape index (κ2) is 16.1. The maximum atomic E-state index is 14.1. The van der Waals surface area contributed by atoms with Gasteiger partial charge in [-0.25, -0.2) is 14.6 Å². The number of nitrogens with zero attached hydrogens (tertiary/aromatic N) is 2. The fraction of sp³-hybridized carbons (Fsp3) is 0.262. The molecular formula is C42H42N2O8. The summed E-state index contributed by atoms with van der Waals surface area (Å²) in [5.41, 5.74) is 4.56. The highest BCUT2D eigenvalue weighted by Gasteiger charge is 2.34. The number of carbonyl (C=O) groups excluding carboxylic acids is 2. The van der Waals surface area contributed by atoms with Crippen LogP contribution in [0.4, 0.5) is 10.5 Å². The van der Waals surface area contributed by atoms with Gasteiger partial charge in [-0.05, 0) is 61.1 Å². The average molecular weight is 703 g/mol. The molecule has 5 aromatic rings. The summed E-state index contributed by atoms with van der Waals surface area (Å²) in [7, 11) is 0. The fourth-order valence-corrected chi connectivity index (χ4v) is 6.11. The van der Waals surface area contributed by atoms with E-state index in [0.717, 1.165) is 22.3 Å². The summed E-state index contributed by atoms with van der Waals surface area (Å²) in [5, 5.41) is 21.8. The van der Waals surface area contributed by atoms with E-state index < -0.39 is 24.3 Å². The van der Waals surface area contributed by atoms with Crippen molar-refractivity contribution in [3.63, 3.8) is 0 Å². The van der Waals surface area contributed by atoms with E-state index in [-0.39, 0.29) is 54.9 Å². The molecule has 0 saturated heterocycles. The number of rotatable bonds is 12. The maximum Gasteiger partial charge on any atom is 0.414 e. The normalized spacial score (nSPS) is 12.3. The monoisotopic (exact) mass is 702 g/mol. The number of anilines is 1. The third kappa shape index (κ3) is 8.25. The molecule has 4 aromatic carbocycles. The quantitative estimate of drug-likeness (QED) is 0.127. The van der Waals surface area contributed by atoms with Crippen molar-refractivity contribution in [2.24, 2.45) is 0 Å². The number of aromatic nitrogens is 1. The molecule has 0 saturated carbocycles. The highest BCUT2D eigenvalue weighted by Crippen LogP contribution is 2.43. The predicted octanol–water partition coefficient (Wildman–Crippen LogP) is 7.55. The van der Waals surface area contributed by atoms with Gasteiger partial charge in [0.2, 0.25) is 5.88 Å². The standard InChI is InChI=1S/C42H42N2O8/c1-42(2,3)52-41(48)44-22-21-31-33(23-45)32(19-20-35(31)44)37-34(24-46)38(49-25-28-13-7-4-8-14-28)36(40(47)51-27-30-17-11-6-12-18-30)39(43-37)50-26-29-15-9-5-10-16-29/h4-20,45-46H,21-27H2,1-3H3. The first-order chi connectivity index (χ1) is 25.2. The Kier molecular flexibility index (Phi) is 11.2. The van der Waals surface area contributed by atoms with E-state index in [4.69, 9.17) is 23.9 Å². The zero-order valence-electron chi connectivity index (χ0n) is 29.5. The van der Waals surface area contributed by atoms with Gasteiger partial charge in [-0.1, -0.05) is 97.1 Å². The Balaban J connectivity index is 1.49. The molecule has 0 bridgehead atoms. The minimum Gasteiger partial charge on any atom is -0.487 e. The molecule has 10 heteroatoms. The third-order valence-electron chi connectivity index (χ3n) is 8.54. The smallest absolute Gasteiger partial charge is 0.414 e. The summed E-state index contributed by atoms with van der Waals surface area (Å²) in [6.07, 6.45) is -0.0191. The van der Waals surface area contributed by atoms with E-state index in [1.807, 2.05) is 112 Å². The molecule has 0 fully saturated rings. The molecule has 0 radical (unpaired) electrons. The van der Waals surface area contributed by atoms with Crippen LogP contribution in [0.3, 0.4) is 0 Å². The molecule has 1 aliphatic heterocycles. The van der Waals surface area contributed by atoms with Gasteiger partial charge in [-0.2, -0.15) is 0 Å². The van der Waals surface area contributed by atoms with Crippen molar-refractivity contribution in [2.45, 2.75) is 65.8 Å². The van der Waals surface area contributed by atoms with Crippen LogP contribution in [0.15, 0.2) is 103 Å². The van der Waals surface area contributed by atoms with Gasteiger partial charge in [0.15, 0.2) is 5.56 Å². The van der Waals surface area contributed by atoms with Gasteiger partial charge in [-0.15, -0.1) is 0 Å². The Morgan fingerprint density at radius 3 is 1.85 bits per heavy atom.